The van der Waals surface area contributed by atoms with Gasteiger partial charge in [-0.15, -0.1) is 0 Å². The van der Waals surface area contributed by atoms with E-state index in [0.29, 0.717) is 23.9 Å². The number of cyclic esters (lactones) is 1. The van der Waals surface area contributed by atoms with Crippen LogP contribution in [0, 0.1) is 17.8 Å². The number of ether oxygens (including phenoxy) is 2. The van der Waals surface area contributed by atoms with Gasteiger partial charge in [0.15, 0.2) is 0 Å². The molecule has 11 heteroatoms. The molecule has 7 atom stereocenters. The molecule has 0 unspecified atom stereocenters. The number of amides is 3. The quantitative estimate of drug-likeness (QED) is 0.335. The number of esters is 1. The number of hydrogen-bond donors (Lipinski definition) is 2. The van der Waals surface area contributed by atoms with Gasteiger partial charge in [-0.3, -0.25) is 19.2 Å². The molecule has 1 saturated carbocycles. The smallest absolute Gasteiger partial charge is 0.306 e. The Morgan fingerprint density at radius 3 is 2.49 bits per heavy atom. The van der Waals surface area contributed by atoms with Gasteiger partial charge in [-0.1, -0.05) is 91.5 Å². The van der Waals surface area contributed by atoms with Crippen LogP contribution in [0.2, 0.25) is 0 Å². The van der Waals surface area contributed by atoms with Crippen molar-refractivity contribution in [2.75, 3.05) is 19.8 Å². The molecule has 3 fully saturated rings. The zero-order valence-electron chi connectivity index (χ0n) is 27.2. The highest BCUT2D eigenvalue weighted by molar-refractivity contribution is 9.11. The molecule has 10 nitrogen and oxygen atoms in total. The number of benzene rings is 1. The predicted molar refractivity (Wildman–Crippen MR) is 178 cm³/mol. The molecule has 4 aliphatic heterocycles. The standard InChI is InChI=1S/C36H46BrN3O7/c1-22(2)18-25(20-41)40-32-35(45)39(24-14-8-4-9-15-24)17-11-5-10-16-28(42)46-21-27(23-12-6-3-7-13-23)38-33(43)29-30(34(40)44)36(32)19-26(37)31(29)47-36/h3,5-7,11-13,19,22,24-25,27,29-32,41H,4,8-10,14-18,20-21H2,1-2H3,(H,38,43)/b11-5-/t25-,27-,29-,30+,31-,32-,36+/m1/s1. The lowest BCUT2D eigenvalue weighted by molar-refractivity contribution is -0.152. The van der Waals surface area contributed by atoms with E-state index in [1.54, 1.807) is 4.90 Å². The molecular formula is C36H46BrN3O7. The minimum Gasteiger partial charge on any atom is -0.463 e. The highest BCUT2D eigenvalue weighted by Crippen LogP contribution is 2.59. The molecule has 5 bridgehead atoms. The maximum Gasteiger partial charge on any atom is 0.306 e. The van der Waals surface area contributed by atoms with Crippen molar-refractivity contribution in [3.8, 4) is 0 Å². The monoisotopic (exact) mass is 711 g/mol. The van der Waals surface area contributed by atoms with Crippen LogP contribution in [0.5, 0.6) is 0 Å². The molecular weight excluding hydrogens is 666 g/mol. The summed E-state index contributed by atoms with van der Waals surface area (Å²) < 4.78 is 13.0. The Kier molecular flexibility index (Phi) is 10.2. The number of allylic oxidation sites excluding steroid dienone is 1. The fourth-order valence-electron chi connectivity index (χ4n) is 8.35. The molecule has 0 aromatic heterocycles. The van der Waals surface area contributed by atoms with Crippen LogP contribution in [-0.4, -0.2) is 88.2 Å². The van der Waals surface area contributed by atoms with E-state index in [1.807, 2.05) is 67.3 Å². The highest BCUT2D eigenvalue weighted by Gasteiger charge is 2.75. The fourth-order valence-corrected chi connectivity index (χ4v) is 9.08. The van der Waals surface area contributed by atoms with Crippen molar-refractivity contribution >= 4 is 39.6 Å². The first kappa shape index (κ1) is 33.9. The number of nitrogens with zero attached hydrogens (tertiary/aromatic N) is 2. The zero-order chi connectivity index (χ0) is 33.3. The van der Waals surface area contributed by atoms with E-state index in [0.717, 1.165) is 37.7 Å². The molecule has 47 heavy (non-hydrogen) atoms. The van der Waals surface area contributed by atoms with E-state index in [-0.39, 0.29) is 49.4 Å². The molecule has 254 valence electrons. The number of fused-ring (bicyclic) bond motifs is 2. The summed E-state index contributed by atoms with van der Waals surface area (Å²) in [5.41, 5.74) is -0.628. The predicted octanol–water partition coefficient (Wildman–Crippen LogP) is 4.18. The van der Waals surface area contributed by atoms with Gasteiger partial charge in [0.2, 0.25) is 17.7 Å². The average Bonchev–Trinajstić information content (AvgIpc) is 3.66. The van der Waals surface area contributed by atoms with E-state index in [2.05, 4.69) is 21.2 Å². The van der Waals surface area contributed by atoms with Crippen molar-refractivity contribution < 1.29 is 33.8 Å². The number of aliphatic hydroxyl groups is 1. The van der Waals surface area contributed by atoms with Gasteiger partial charge in [0.05, 0.1) is 30.5 Å². The Bertz CT molecular complexity index is 1410. The van der Waals surface area contributed by atoms with E-state index in [1.165, 1.54) is 0 Å². The summed E-state index contributed by atoms with van der Waals surface area (Å²) in [6.07, 6.45) is 10.8. The second-order valence-electron chi connectivity index (χ2n) is 14.0. The number of nitrogens with one attached hydrogen (secondary N) is 1. The van der Waals surface area contributed by atoms with Crippen molar-refractivity contribution in [1.82, 2.24) is 15.1 Å². The summed E-state index contributed by atoms with van der Waals surface area (Å²) in [7, 11) is 0. The van der Waals surface area contributed by atoms with Crippen LogP contribution in [0.3, 0.4) is 0 Å². The molecule has 0 radical (unpaired) electrons. The van der Waals surface area contributed by atoms with Gasteiger partial charge < -0.3 is 29.7 Å². The molecule has 2 saturated heterocycles. The summed E-state index contributed by atoms with van der Waals surface area (Å²) >= 11 is 3.64. The van der Waals surface area contributed by atoms with E-state index in [9.17, 15) is 19.5 Å². The van der Waals surface area contributed by atoms with Gasteiger partial charge in [-0.05, 0) is 43.2 Å². The SMILES string of the molecule is CC(C)C[C@H](CO)N1C(=O)[C@@H]2[C@H]3C(=O)N[C@@H](c4ccccc4)COC(=O)CC/C=C\CN(C4CCCCC4)C(=O)[C@@H]1[C@]21C=C(Br)[C@H]3O1. The largest absolute Gasteiger partial charge is 0.463 e. The average molecular weight is 713 g/mol. The second kappa shape index (κ2) is 14.2. The number of aliphatic hydroxyl groups excluding tert-OH is 1. The zero-order valence-corrected chi connectivity index (χ0v) is 28.8. The molecule has 5 aliphatic rings. The van der Waals surface area contributed by atoms with E-state index in [4.69, 9.17) is 9.47 Å². The fraction of sp³-hybridized carbons (Fsp3) is 0.611. The number of rotatable bonds is 6. The van der Waals surface area contributed by atoms with Gasteiger partial charge in [0.25, 0.3) is 0 Å². The maximum absolute atomic E-state index is 15.1. The van der Waals surface area contributed by atoms with Crippen LogP contribution in [0.25, 0.3) is 0 Å². The molecule has 1 aromatic carbocycles. The van der Waals surface area contributed by atoms with Gasteiger partial charge in [0, 0.05) is 23.5 Å². The maximum atomic E-state index is 15.1. The van der Waals surface area contributed by atoms with Crippen molar-refractivity contribution in [2.45, 2.75) is 101 Å². The molecule has 1 aliphatic carbocycles. The molecule has 1 aromatic rings. The molecule has 3 amide bonds. The third kappa shape index (κ3) is 6.43. The van der Waals surface area contributed by atoms with Crippen LogP contribution in [0.1, 0.15) is 76.8 Å². The Labute approximate surface area is 285 Å². The number of carbonyl (C=O) groups is 4. The first-order chi connectivity index (χ1) is 22.7. The van der Waals surface area contributed by atoms with E-state index >= 15 is 4.79 Å². The lowest BCUT2D eigenvalue weighted by atomic mass is 9.73. The van der Waals surface area contributed by atoms with Crippen LogP contribution < -0.4 is 5.32 Å². The van der Waals surface area contributed by atoms with Gasteiger partial charge >= 0.3 is 5.97 Å². The van der Waals surface area contributed by atoms with Gasteiger partial charge in [-0.25, -0.2) is 0 Å². The Morgan fingerprint density at radius 2 is 1.79 bits per heavy atom. The van der Waals surface area contributed by atoms with Crippen molar-refractivity contribution in [2.24, 2.45) is 17.8 Å². The normalized spacial score (nSPS) is 33.5. The van der Waals surface area contributed by atoms with Gasteiger partial charge in [-0.2, -0.15) is 0 Å². The summed E-state index contributed by atoms with van der Waals surface area (Å²) in [6, 6.07) is 6.92. The third-order valence-electron chi connectivity index (χ3n) is 10.5. The van der Waals surface area contributed by atoms with E-state index < -0.39 is 47.6 Å². The number of hydrogen-bond acceptors (Lipinski definition) is 7. The minimum absolute atomic E-state index is 0.0187. The topological polar surface area (TPSA) is 125 Å². The summed E-state index contributed by atoms with van der Waals surface area (Å²) in [5.74, 6) is -3.16. The lowest BCUT2D eigenvalue weighted by Gasteiger charge is -2.42. The third-order valence-corrected chi connectivity index (χ3v) is 11.1. The van der Waals surface area contributed by atoms with Crippen LogP contribution in [0.4, 0.5) is 0 Å². The minimum atomic E-state index is -1.39. The summed E-state index contributed by atoms with van der Waals surface area (Å²) in [5, 5.41) is 13.8. The van der Waals surface area contributed by atoms with Crippen molar-refractivity contribution in [1.29, 1.82) is 0 Å². The Morgan fingerprint density at radius 1 is 1.04 bits per heavy atom. The number of halogens is 1. The molecule has 2 N–H and O–H groups in total. The first-order valence-electron chi connectivity index (χ1n) is 17.1. The summed E-state index contributed by atoms with van der Waals surface area (Å²) in [6.45, 7) is 3.98. The lowest BCUT2D eigenvalue weighted by Crippen LogP contribution is -2.60. The van der Waals surface area contributed by atoms with Crippen LogP contribution >= 0.6 is 15.9 Å². The first-order valence-corrected chi connectivity index (χ1v) is 17.9. The van der Waals surface area contributed by atoms with Gasteiger partial charge in [0.1, 0.15) is 24.4 Å². The van der Waals surface area contributed by atoms with Crippen LogP contribution in [0.15, 0.2) is 53.0 Å². The van der Waals surface area contributed by atoms with Crippen molar-refractivity contribution in [3.05, 3.63) is 58.6 Å². The molecule has 4 heterocycles. The second-order valence-corrected chi connectivity index (χ2v) is 14.9. The Hall–Kier alpha value is -3.02. The van der Waals surface area contributed by atoms with Crippen molar-refractivity contribution in [3.63, 3.8) is 0 Å². The van der Waals surface area contributed by atoms with Crippen LogP contribution in [-0.2, 0) is 28.7 Å². The highest BCUT2D eigenvalue weighted by atomic mass is 79.9. The molecule has 6 rings (SSSR count). The number of carbonyl (C=O) groups excluding carboxylic acids is 4. The Balaban J connectivity index is 1.46. The number of likely N-dealkylation sites (tertiary alicyclic amines) is 1. The molecule has 1 spiro atoms. The summed E-state index contributed by atoms with van der Waals surface area (Å²) in [4.78, 5) is 60.3.